The topological polar surface area (TPSA) is 37.3 Å². The average molecular weight is 258 g/mol. The predicted molar refractivity (Wildman–Crippen MR) is 74.1 cm³/mol. The van der Waals surface area contributed by atoms with Crippen LogP contribution in [0.4, 0.5) is 0 Å². The van der Waals surface area contributed by atoms with Crippen molar-refractivity contribution in [1.29, 1.82) is 0 Å². The van der Waals surface area contributed by atoms with Crippen molar-refractivity contribution in [3.8, 4) is 0 Å². The summed E-state index contributed by atoms with van der Waals surface area (Å²) in [5.74, 6) is 0.0180. The summed E-state index contributed by atoms with van der Waals surface area (Å²) >= 11 is 1.72. The molecule has 92 valence electrons. The number of carboxylic acid groups (broad SMARTS) is 1. The maximum absolute atomic E-state index is 10.7. The number of benzene rings is 2. The molecule has 0 aliphatic rings. The van der Waals surface area contributed by atoms with Crippen molar-refractivity contribution in [2.45, 2.75) is 17.6 Å². The van der Waals surface area contributed by atoms with Gasteiger partial charge in [-0.3, -0.25) is 0 Å². The molecule has 0 spiro atoms. The van der Waals surface area contributed by atoms with Crippen molar-refractivity contribution in [2.24, 2.45) is 0 Å². The van der Waals surface area contributed by atoms with Crippen molar-refractivity contribution in [1.82, 2.24) is 0 Å². The smallest absolute Gasteiger partial charge is 0.335 e. The molecule has 0 radical (unpaired) electrons. The first kappa shape index (κ1) is 12.7. The first-order valence-corrected chi connectivity index (χ1v) is 6.66. The fourth-order valence-electron chi connectivity index (χ4n) is 1.63. The van der Waals surface area contributed by atoms with Crippen LogP contribution in [0.2, 0.25) is 0 Å². The van der Waals surface area contributed by atoms with E-state index >= 15 is 0 Å². The fraction of sp³-hybridized carbons (Fsp3) is 0.133. The molecule has 18 heavy (non-hydrogen) atoms. The SMILES string of the molecule is Cc1ccccc1CSc1ccc(C(=O)O)cc1. The molecule has 0 aliphatic carbocycles. The Morgan fingerprint density at radius 1 is 1.11 bits per heavy atom. The summed E-state index contributed by atoms with van der Waals surface area (Å²) in [6.45, 7) is 2.10. The van der Waals surface area contributed by atoms with E-state index in [1.54, 1.807) is 23.9 Å². The lowest BCUT2D eigenvalue weighted by Crippen LogP contribution is -1.94. The van der Waals surface area contributed by atoms with Crippen LogP contribution < -0.4 is 0 Å². The molecule has 0 aliphatic heterocycles. The second kappa shape index (κ2) is 5.74. The second-order valence-electron chi connectivity index (χ2n) is 4.04. The van der Waals surface area contributed by atoms with Crippen LogP contribution in [0, 0.1) is 6.92 Å². The van der Waals surface area contributed by atoms with Crippen LogP contribution in [0.1, 0.15) is 21.5 Å². The van der Waals surface area contributed by atoms with E-state index < -0.39 is 5.97 Å². The number of rotatable bonds is 4. The Labute approximate surface area is 111 Å². The molecule has 0 bridgehead atoms. The molecule has 0 fully saturated rings. The highest BCUT2D eigenvalue weighted by Crippen LogP contribution is 2.24. The zero-order valence-electron chi connectivity index (χ0n) is 10.1. The van der Waals surface area contributed by atoms with Crippen molar-refractivity contribution in [3.63, 3.8) is 0 Å². The van der Waals surface area contributed by atoms with Gasteiger partial charge < -0.3 is 5.11 Å². The third kappa shape index (κ3) is 3.14. The average Bonchev–Trinajstić information content (AvgIpc) is 2.38. The molecular formula is C15H14O2S. The summed E-state index contributed by atoms with van der Waals surface area (Å²) in [4.78, 5) is 11.8. The van der Waals surface area contributed by atoms with Gasteiger partial charge in [-0.25, -0.2) is 4.79 Å². The number of hydrogen-bond donors (Lipinski definition) is 1. The monoisotopic (exact) mass is 258 g/mol. The second-order valence-corrected chi connectivity index (χ2v) is 5.09. The highest BCUT2D eigenvalue weighted by Gasteiger charge is 2.03. The lowest BCUT2D eigenvalue weighted by Gasteiger charge is -2.05. The lowest BCUT2D eigenvalue weighted by molar-refractivity contribution is 0.0697. The number of carbonyl (C=O) groups is 1. The van der Waals surface area contributed by atoms with Gasteiger partial charge in [0.25, 0.3) is 0 Å². The molecular weight excluding hydrogens is 244 g/mol. The first-order chi connectivity index (χ1) is 8.66. The maximum Gasteiger partial charge on any atom is 0.335 e. The first-order valence-electron chi connectivity index (χ1n) is 5.67. The van der Waals surface area contributed by atoms with E-state index in [-0.39, 0.29) is 0 Å². The number of aromatic carboxylic acids is 1. The Balaban J connectivity index is 2.02. The summed E-state index contributed by atoms with van der Waals surface area (Å²) in [6, 6.07) is 15.3. The minimum atomic E-state index is -0.884. The zero-order chi connectivity index (χ0) is 13.0. The molecule has 3 heteroatoms. The van der Waals surface area contributed by atoms with Gasteiger partial charge in [-0.05, 0) is 42.3 Å². The van der Waals surface area contributed by atoms with E-state index in [1.807, 2.05) is 24.3 Å². The molecule has 0 saturated heterocycles. The van der Waals surface area contributed by atoms with Gasteiger partial charge in [-0.15, -0.1) is 11.8 Å². The van der Waals surface area contributed by atoms with Crippen LogP contribution in [0.25, 0.3) is 0 Å². The number of hydrogen-bond acceptors (Lipinski definition) is 2. The Bertz CT molecular complexity index is 547. The van der Waals surface area contributed by atoms with Crippen LogP contribution >= 0.6 is 11.8 Å². The largest absolute Gasteiger partial charge is 0.478 e. The van der Waals surface area contributed by atoms with Crippen LogP contribution in [0.5, 0.6) is 0 Å². The number of carboxylic acids is 1. The quantitative estimate of drug-likeness (QED) is 0.843. The molecule has 0 heterocycles. The molecule has 0 amide bonds. The Kier molecular flexibility index (Phi) is 4.05. The van der Waals surface area contributed by atoms with Gasteiger partial charge in [0.1, 0.15) is 0 Å². The number of thioether (sulfide) groups is 1. The Morgan fingerprint density at radius 3 is 2.39 bits per heavy atom. The number of aryl methyl sites for hydroxylation is 1. The standard InChI is InChI=1S/C15H14O2S/c1-11-4-2-3-5-13(11)10-18-14-8-6-12(7-9-14)15(16)17/h2-9H,10H2,1H3,(H,16,17). The molecule has 2 rings (SSSR count). The fourth-order valence-corrected chi connectivity index (χ4v) is 2.60. The van der Waals surface area contributed by atoms with E-state index in [4.69, 9.17) is 5.11 Å². The molecule has 2 aromatic rings. The molecule has 0 atom stereocenters. The van der Waals surface area contributed by atoms with Crippen molar-refractivity contribution in [3.05, 3.63) is 65.2 Å². The van der Waals surface area contributed by atoms with Gasteiger partial charge >= 0.3 is 5.97 Å². The van der Waals surface area contributed by atoms with E-state index in [0.29, 0.717) is 5.56 Å². The Hall–Kier alpha value is -1.74. The highest BCUT2D eigenvalue weighted by atomic mass is 32.2. The lowest BCUT2D eigenvalue weighted by atomic mass is 10.1. The van der Waals surface area contributed by atoms with Crippen LogP contribution in [0.3, 0.4) is 0 Å². The van der Waals surface area contributed by atoms with E-state index in [2.05, 4.69) is 19.1 Å². The van der Waals surface area contributed by atoms with E-state index in [9.17, 15) is 4.79 Å². The predicted octanol–water partition coefficient (Wildman–Crippen LogP) is 3.99. The van der Waals surface area contributed by atoms with Crippen molar-refractivity contribution in [2.75, 3.05) is 0 Å². The van der Waals surface area contributed by atoms with Gasteiger partial charge in [0.05, 0.1) is 5.56 Å². The van der Waals surface area contributed by atoms with Gasteiger partial charge in [-0.2, -0.15) is 0 Å². The van der Waals surface area contributed by atoms with Crippen LogP contribution in [-0.2, 0) is 5.75 Å². The summed E-state index contributed by atoms with van der Waals surface area (Å²) in [5, 5.41) is 8.81. The minimum Gasteiger partial charge on any atom is -0.478 e. The van der Waals surface area contributed by atoms with Gasteiger partial charge in [0.2, 0.25) is 0 Å². The summed E-state index contributed by atoms with van der Waals surface area (Å²) < 4.78 is 0. The summed E-state index contributed by atoms with van der Waals surface area (Å²) in [6.07, 6.45) is 0. The van der Waals surface area contributed by atoms with Crippen molar-refractivity contribution < 1.29 is 9.90 Å². The molecule has 2 nitrogen and oxygen atoms in total. The summed E-state index contributed by atoms with van der Waals surface area (Å²) in [7, 11) is 0. The summed E-state index contributed by atoms with van der Waals surface area (Å²) in [5.41, 5.74) is 2.92. The van der Waals surface area contributed by atoms with E-state index in [0.717, 1.165) is 10.6 Å². The normalized spacial score (nSPS) is 10.3. The van der Waals surface area contributed by atoms with Crippen LogP contribution in [-0.4, -0.2) is 11.1 Å². The zero-order valence-corrected chi connectivity index (χ0v) is 10.9. The van der Waals surface area contributed by atoms with Gasteiger partial charge in [0.15, 0.2) is 0 Å². The van der Waals surface area contributed by atoms with Crippen molar-refractivity contribution >= 4 is 17.7 Å². The molecule has 2 aromatic carbocycles. The van der Waals surface area contributed by atoms with Gasteiger partial charge in [0, 0.05) is 10.6 Å². The third-order valence-corrected chi connectivity index (χ3v) is 3.82. The third-order valence-electron chi connectivity index (χ3n) is 2.76. The highest BCUT2D eigenvalue weighted by molar-refractivity contribution is 7.98. The Morgan fingerprint density at radius 2 is 1.78 bits per heavy atom. The molecule has 0 saturated carbocycles. The van der Waals surface area contributed by atoms with Gasteiger partial charge in [-0.1, -0.05) is 24.3 Å². The van der Waals surface area contributed by atoms with Crippen LogP contribution in [0.15, 0.2) is 53.4 Å². The maximum atomic E-state index is 10.7. The molecule has 0 unspecified atom stereocenters. The molecule has 1 N–H and O–H groups in total. The molecule has 0 aromatic heterocycles. The minimum absolute atomic E-state index is 0.329. The van der Waals surface area contributed by atoms with E-state index in [1.165, 1.54) is 11.1 Å².